The maximum absolute atomic E-state index is 11.4. The van der Waals surface area contributed by atoms with E-state index in [1.165, 1.54) is 6.07 Å². The van der Waals surface area contributed by atoms with Crippen LogP contribution < -0.4 is 9.88 Å². The maximum atomic E-state index is 11.4. The molecule has 0 aliphatic heterocycles. The molecule has 2 N–H and O–H groups in total. The van der Waals surface area contributed by atoms with Gasteiger partial charge in [0.15, 0.2) is 0 Å². The van der Waals surface area contributed by atoms with Crippen molar-refractivity contribution in [2.45, 2.75) is 11.5 Å². The second kappa shape index (κ2) is 5.16. The molecule has 2 aromatic rings. The van der Waals surface area contributed by atoms with Crippen LogP contribution in [0.4, 0.5) is 0 Å². The molecule has 18 heavy (non-hydrogen) atoms. The highest BCUT2D eigenvalue weighted by Crippen LogP contribution is 2.22. The van der Waals surface area contributed by atoms with Crippen molar-refractivity contribution in [3.05, 3.63) is 54.4 Å². The van der Waals surface area contributed by atoms with Crippen molar-refractivity contribution in [1.29, 1.82) is 0 Å². The average molecular weight is 264 g/mol. The quantitative estimate of drug-likeness (QED) is 0.902. The number of benzene rings is 1. The van der Waals surface area contributed by atoms with Crippen molar-refractivity contribution >= 4 is 10.0 Å². The molecule has 0 atom stereocenters. The minimum Gasteiger partial charge on any atom is -0.487 e. The van der Waals surface area contributed by atoms with E-state index in [-0.39, 0.29) is 17.3 Å². The van der Waals surface area contributed by atoms with E-state index in [4.69, 9.17) is 9.88 Å². The van der Waals surface area contributed by atoms with Crippen molar-refractivity contribution in [2.75, 3.05) is 0 Å². The standard InChI is InChI=1S/C12H12N2O3S/c13-18(15,16)12-4-2-1-3-11(12)17-9-10-5-7-14-8-6-10/h1-8H,9H2,(H2,13,15,16). The molecule has 1 aromatic heterocycles. The molecule has 0 unspecified atom stereocenters. The molecule has 0 bridgehead atoms. The zero-order chi connectivity index (χ0) is 13.0. The van der Waals surface area contributed by atoms with Gasteiger partial charge in [0.25, 0.3) is 0 Å². The predicted molar refractivity (Wildman–Crippen MR) is 66.4 cm³/mol. The zero-order valence-corrected chi connectivity index (χ0v) is 10.3. The normalized spacial score (nSPS) is 11.2. The lowest BCUT2D eigenvalue weighted by Gasteiger charge is -2.09. The number of hydrogen-bond acceptors (Lipinski definition) is 4. The van der Waals surface area contributed by atoms with Gasteiger partial charge in [0, 0.05) is 12.4 Å². The van der Waals surface area contributed by atoms with Gasteiger partial charge in [-0.3, -0.25) is 4.98 Å². The number of sulfonamides is 1. The van der Waals surface area contributed by atoms with Gasteiger partial charge in [0.05, 0.1) is 0 Å². The van der Waals surface area contributed by atoms with Crippen LogP contribution in [0.2, 0.25) is 0 Å². The van der Waals surface area contributed by atoms with Crippen LogP contribution >= 0.6 is 0 Å². The molecule has 94 valence electrons. The number of rotatable bonds is 4. The van der Waals surface area contributed by atoms with Gasteiger partial charge < -0.3 is 4.74 Å². The van der Waals surface area contributed by atoms with E-state index in [0.717, 1.165) is 5.56 Å². The van der Waals surface area contributed by atoms with E-state index in [1.54, 1.807) is 42.7 Å². The summed E-state index contributed by atoms with van der Waals surface area (Å²) in [4.78, 5) is 3.87. The summed E-state index contributed by atoms with van der Waals surface area (Å²) < 4.78 is 28.2. The molecular formula is C12H12N2O3S. The van der Waals surface area contributed by atoms with E-state index >= 15 is 0 Å². The van der Waals surface area contributed by atoms with Crippen LogP contribution in [0.5, 0.6) is 5.75 Å². The minimum atomic E-state index is -3.78. The summed E-state index contributed by atoms with van der Waals surface area (Å²) in [5, 5.41) is 5.11. The highest BCUT2D eigenvalue weighted by molar-refractivity contribution is 7.89. The van der Waals surface area contributed by atoms with E-state index in [9.17, 15) is 8.42 Å². The number of para-hydroxylation sites is 1. The van der Waals surface area contributed by atoms with Crippen molar-refractivity contribution in [3.63, 3.8) is 0 Å². The number of nitrogens with two attached hydrogens (primary N) is 1. The Hall–Kier alpha value is -1.92. The van der Waals surface area contributed by atoms with Gasteiger partial charge >= 0.3 is 0 Å². The van der Waals surface area contributed by atoms with Gasteiger partial charge in [-0.05, 0) is 29.8 Å². The molecule has 0 saturated carbocycles. The highest BCUT2D eigenvalue weighted by atomic mass is 32.2. The number of aromatic nitrogens is 1. The van der Waals surface area contributed by atoms with Crippen molar-refractivity contribution in [3.8, 4) is 5.75 Å². The molecular weight excluding hydrogens is 252 g/mol. The second-order valence-electron chi connectivity index (χ2n) is 3.64. The first-order valence-corrected chi connectivity index (χ1v) is 6.75. The molecule has 1 heterocycles. The summed E-state index contributed by atoms with van der Waals surface area (Å²) in [5.74, 6) is 0.247. The van der Waals surface area contributed by atoms with Gasteiger partial charge in [0.2, 0.25) is 10.0 Å². The van der Waals surface area contributed by atoms with E-state index in [2.05, 4.69) is 4.98 Å². The Morgan fingerprint density at radius 1 is 1.11 bits per heavy atom. The minimum absolute atomic E-state index is 0.0148. The Labute approximate surface area is 105 Å². The lowest BCUT2D eigenvalue weighted by atomic mass is 10.3. The van der Waals surface area contributed by atoms with Crippen LogP contribution in [0.1, 0.15) is 5.56 Å². The van der Waals surface area contributed by atoms with Crippen molar-refractivity contribution in [1.82, 2.24) is 4.98 Å². The van der Waals surface area contributed by atoms with Crippen LogP contribution in [0, 0.1) is 0 Å². The molecule has 0 aliphatic carbocycles. The van der Waals surface area contributed by atoms with Crippen LogP contribution in [0.25, 0.3) is 0 Å². The summed E-state index contributed by atoms with van der Waals surface area (Å²) in [6.45, 7) is 0.259. The molecule has 0 spiro atoms. The molecule has 5 nitrogen and oxygen atoms in total. The summed E-state index contributed by atoms with van der Waals surface area (Å²) in [5.41, 5.74) is 0.897. The molecule has 1 aromatic carbocycles. The lowest BCUT2D eigenvalue weighted by molar-refractivity contribution is 0.298. The third kappa shape index (κ3) is 3.06. The van der Waals surface area contributed by atoms with Gasteiger partial charge in [-0.25, -0.2) is 13.6 Å². The second-order valence-corrected chi connectivity index (χ2v) is 5.17. The number of nitrogens with zero attached hydrogens (tertiary/aromatic N) is 1. The Morgan fingerprint density at radius 3 is 2.44 bits per heavy atom. The largest absolute Gasteiger partial charge is 0.487 e. The monoisotopic (exact) mass is 264 g/mol. The van der Waals surface area contributed by atoms with E-state index in [1.807, 2.05) is 0 Å². The Kier molecular flexibility index (Phi) is 3.59. The van der Waals surface area contributed by atoms with E-state index in [0.29, 0.717) is 0 Å². The molecule has 0 amide bonds. The number of pyridine rings is 1. The third-order valence-corrected chi connectivity index (χ3v) is 3.25. The van der Waals surface area contributed by atoms with Crippen LogP contribution in [0.3, 0.4) is 0 Å². The molecule has 2 rings (SSSR count). The third-order valence-electron chi connectivity index (χ3n) is 2.30. The SMILES string of the molecule is NS(=O)(=O)c1ccccc1OCc1ccncc1. The van der Waals surface area contributed by atoms with Gasteiger partial charge in [0.1, 0.15) is 17.3 Å². The summed E-state index contributed by atoms with van der Waals surface area (Å²) in [6.07, 6.45) is 3.29. The topological polar surface area (TPSA) is 82.3 Å². The summed E-state index contributed by atoms with van der Waals surface area (Å²) in [7, 11) is -3.78. The lowest BCUT2D eigenvalue weighted by Crippen LogP contribution is -2.13. The Morgan fingerprint density at radius 2 is 1.78 bits per heavy atom. The smallest absolute Gasteiger partial charge is 0.241 e. The molecule has 6 heteroatoms. The fraction of sp³-hybridized carbons (Fsp3) is 0.0833. The number of ether oxygens (including phenoxy) is 1. The molecule has 0 fully saturated rings. The van der Waals surface area contributed by atoms with Crippen LogP contribution in [-0.4, -0.2) is 13.4 Å². The van der Waals surface area contributed by atoms with Crippen molar-refractivity contribution in [2.24, 2.45) is 5.14 Å². The summed E-state index contributed by atoms with van der Waals surface area (Å²) in [6, 6.07) is 9.85. The average Bonchev–Trinajstić information content (AvgIpc) is 2.37. The van der Waals surface area contributed by atoms with Gasteiger partial charge in [-0.15, -0.1) is 0 Å². The van der Waals surface area contributed by atoms with Crippen molar-refractivity contribution < 1.29 is 13.2 Å². The fourth-order valence-corrected chi connectivity index (χ4v) is 2.12. The number of primary sulfonamides is 1. The first-order chi connectivity index (χ1) is 8.57. The maximum Gasteiger partial charge on any atom is 0.241 e. The van der Waals surface area contributed by atoms with Crippen LogP contribution in [0.15, 0.2) is 53.7 Å². The van der Waals surface area contributed by atoms with Gasteiger partial charge in [-0.2, -0.15) is 0 Å². The molecule has 0 saturated heterocycles. The highest BCUT2D eigenvalue weighted by Gasteiger charge is 2.14. The van der Waals surface area contributed by atoms with Crippen LogP contribution in [-0.2, 0) is 16.6 Å². The molecule has 0 radical (unpaired) electrons. The van der Waals surface area contributed by atoms with Gasteiger partial charge in [-0.1, -0.05) is 12.1 Å². The zero-order valence-electron chi connectivity index (χ0n) is 9.48. The summed E-state index contributed by atoms with van der Waals surface area (Å²) >= 11 is 0. The Bertz CT molecular complexity index is 627. The molecule has 0 aliphatic rings. The Balaban J connectivity index is 2.20. The number of hydrogen-bond donors (Lipinski definition) is 1. The first-order valence-electron chi connectivity index (χ1n) is 5.21. The predicted octanol–water partition coefficient (Wildman–Crippen LogP) is 1.31. The van der Waals surface area contributed by atoms with E-state index < -0.39 is 10.0 Å². The first kappa shape index (κ1) is 12.5. The fourth-order valence-electron chi connectivity index (χ4n) is 1.44.